The molecular weight excluding hydrogens is 272 g/mol. The average Bonchev–Trinajstić information content (AvgIpc) is 2.81. The third-order valence-electron chi connectivity index (χ3n) is 2.93. The van der Waals surface area contributed by atoms with Crippen LogP contribution in [0.25, 0.3) is 10.9 Å². The van der Waals surface area contributed by atoms with Crippen molar-refractivity contribution < 1.29 is 14.4 Å². The van der Waals surface area contributed by atoms with Gasteiger partial charge in [-0.3, -0.25) is 14.9 Å². The number of amides is 4. The molecule has 7 nitrogen and oxygen atoms in total. The molecule has 7 heteroatoms. The summed E-state index contributed by atoms with van der Waals surface area (Å²) in [5.74, 6) is -0.725. The lowest BCUT2D eigenvalue weighted by Gasteiger charge is -2.07. The van der Waals surface area contributed by atoms with Crippen LogP contribution in [-0.4, -0.2) is 29.0 Å². The highest BCUT2D eigenvalue weighted by Gasteiger charge is 2.07. The molecule has 4 N–H and O–H groups in total. The Balaban J connectivity index is 1.82. The van der Waals surface area contributed by atoms with Gasteiger partial charge in [0.1, 0.15) is 6.54 Å². The number of nitrogens with zero attached hydrogens (tertiary/aromatic N) is 1. The Morgan fingerprint density at radius 1 is 1.10 bits per heavy atom. The van der Waals surface area contributed by atoms with Gasteiger partial charge in [0.05, 0.1) is 0 Å². The van der Waals surface area contributed by atoms with Gasteiger partial charge in [-0.05, 0) is 17.5 Å². The smallest absolute Gasteiger partial charge is 0.318 e. The first-order valence-corrected chi connectivity index (χ1v) is 6.46. The zero-order valence-electron chi connectivity index (χ0n) is 11.3. The number of carbonyl (C=O) groups is 3. The molecule has 0 aliphatic carbocycles. The molecule has 1 heterocycles. The summed E-state index contributed by atoms with van der Waals surface area (Å²) in [6.07, 6.45) is 1.84. The van der Waals surface area contributed by atoms with E-state index in [1.807, 2.05) is 46.4 Å². The minimum atomic E-state index is -0.898. The normalized spacial score (nSPS) is 10.3. The fraction of sp³-hybridized carbons (Fsp3) is 0.214. The molecule has 2 aromatic rings. The van der Waals surface area contributed by atoms with Crippen molar-refractivity contribution in [2.24, 2.45) is 5.73 Å². The van der Waals surface area contributed by atoms with E-state index in [9.17, 15) is 14.4 Å². The zero-order chi connectivity index (χ0) is 15.2. The number of imide groups is 1. The molecule has 0 saturated carbocycles. The lowest BCUT2D eigenvalue weighted by Crippen LogP contribution is -2.37. The van der Waals surface area contributed by atoms with Crippen LogP contribution in [0.3, 0.4) is 0 Å². The van der Waals surface area contributed by atoms with E-state index in [0.29, 0.717) is 0 Å². The Morgan fingerprint density at radius 3 is 2.62 bits per heavy atom. The van der Waals surface area contributed by atoms with Gasteiger partial charge in [-0.1, -0.05) is 18.2 Å². The monoisotopic (exact) mass is 288 g/mol. The molecular formula is C14H16N4O3. The van der Waals surface area contributed by atoms with Gasteiger partial charge in [-0.2, -0.15) is 0 Å². The van der Waals surface area contributed by atoms with Crippen LogP contribution >= 0.6 is 0 Å². The highest BCUT2D eigenvalue weighted by Crippen LogP contribution is 2.14. The molecule has 4 amide bonds. The minimum absolute atomic E-state index is 0.00110. The van der Waals surface area contributed by atoms with Crippen molar-refractivity contribution in [2.45, 2.75) is 13.0 Å². The second-order valence-electron chi connectivity index (χ2n) is 4.51. The first-order valence-electron chi connectivity index (χ1n) is 6.46. The third kappa shape index (κ3) is 4.07. The van der Waals surface area contributed by atoms with Crippen LogP contribution in [0.2, 0.25) is 0 Å². The van der Waals surface area contributed by atoms with Gasteiger partial charge in [-0.25, -0.2) is 4.79 Å². The number of hydrogen-bond donors (Lipinski definition) is 3. The summed E-state index contributed by atoms with van der Waals surface area (Å²) in [6.45, 7) is 0.322. The average molecular weight is 288 g/mol. The highest BCUT2D eigenvalue weighted by atomic mass is 16.2. The summed E-state index contributed by atoms with van der Waals surface area (Å²) < 4.78 is 1.83. The lowest BCUT2D eigenvalue weighted by molar-refractivity contribution is -0.122. The number of nitrogens with one attached hydrogen (secondary N) is 2. The summed E-state index contributed by atoms with van der Waals surface area (Å²) in [5.41, 5.74) is 5.78. The Morgan fingerprint density at radius 2 is 1.86 bits per heavy atom. The first kappa shape index (κ1) is 14.6. The van der Waals surface area contributed by atoms with Crippen LogP contribution in [0.4, 0.5) is 4.79 Å². The van der Waals surface area contributed by atoms with E-state index in [1.165, 1.54) is 0 Å². The molecule has 1 aromatic heterocycles. The van der Waals surface area contributed by atoms with E-state index in [1.54, 1.807) is 0 Å². The summed E-state index contributed by atoms with van der Waals surface area (Å²) >= 11 is 0. The Hall–Kier alpha value is -2.83. The summed E-state index contributed by atoms with van der Waals surface area (Å²) in [5, 5.41) is 5.61. The maximum absolute atomic E-state index is 11.8. The molecule has 0 fully saturated rings. The van der Waals surface area contributed by atoms with Crippen molar-refractivity contribution in [1.82, 2.24) is 15.2 Å². The van der Waals surface area contributed by atoms with Crippen molar-refractivity contribution in [3.63, 3.8) is 0 Å². The Kier molecular flexibility index (Phi) is 4.55. The standard InChI is InChI=1S/C14H16N4O3/c15-14(21)17-12(19)5-7-16-13(20)9-18-8-6-10-3-1-2-4-11(10)18/h1-4,6,8H,5,7,9H2,(H,16,20)(H3,15,17,19,21). The van der Waals surface area contributed by atoms with Crippen molar-refractivity contribution in [3.8, 4) is 0 Å². The molecule has 1 aromatic carbocycles. The zero-order valence-corrected chi connectivity index (χ0v) is 11.3. The van der Waals surface area contributed by atoms with Gasteiger partial charge in [0.25, 0.3) is 0 Å². The largest absolute Gasteiger partial charge is 0.354 e. The molecule has 0 unspecified atom stereocenters. The van der Waals surface area contributed by atoms with E-state index in [4.69, 9.17) is 5.73 Å². The van der Waals surface area contributed by atoms with Crippen LogP contribution in [0.1, 0.15) is 6.42 Å². The molecule has 0 aliphatic heterocycles. The van der Waals surface area contributed by atoms with E-state index in [0.717, 1.165) is 10.9 Å². The van der Waals surface area contributed by atoms with Crippen LogP contribution in [-0.2, 0) is 16.1 Å². The predicted octanol–water partition coefficient (Wildman–Crippen LogP) is 0.343. The number of fused-ring (bicyclic) bond motifs is 1. The fourth-order valence-corrected chi connectivity index (χ4v) is 2.00. The molecule has 2 rings (SSSR count). The number of urea groups is 1. The second-order valence-corrected chi connectivity index (χ2v) is 4.51. The molecule has 110 valence electrons. The third-order valence-corrected chi connectivity index (χ3v) is 2.93. The van der Waals surface area contributed by atoms with Crippen LogP contribution in [0, 0.1) is 0 Å². The molecule has 21 heavy (non-hydrogen) atoms. The highest BCUT2D eigenvalue weighted by molar-refractivity contribution is 5.93. The molecule has 0 bridgehead atoms. The van der Waals surface area contributed by atoms with Crippen molar-refractivity contribution in [3.05, 3.63) is 36.5 Å². The number of hydrogen-bond acceptors (Lipinski definition) is 3. The summed E-state index contributed by atoms with van der Waals surface area (Å²) in [4.78, 5) is 33.4. The topological polar surface area (TPSA) is 106 Å². The number of benzene rings is 1. The van der Waals surface area contributed by atoms with Gasteiger partial charge >= 0.3 is 6.03 Å². The SMILES string of the molecule is NC(=O)NC(=O)CCNC(=O)Cn1ccc2ccccc21. The van der Waals surface area contributed by atoms with Gasteiger partial charge in [0.15, 0.2) is 0 Å². The molecule has 0 radical (unpaired) electrons. The van der Waals surface area contributed by atoms with Crippen molar-refractivity contribution >= 4 is 28.7 Å². The molecule has 0 aliphatic rings. The van der Waals surface area contributed by atoms with E-state index in [2.05, 4.69) is 5.32 Å². The minimum Gasteiger partial charge on any atom is -0.354 e. The van der Waals surface area contributed by atoms with Crippen LogP contribution in [0.15, 0.2) is 36.5 Å². The Bertz CT molecular complexity index is 678. The number of nitrogens with two attached hydrogens (primary N) is 1. The maximum atomic E-state index is 11.8. The molecule has 0 atom stereocenters. The number of primary amides is 1. The maximum Gasteiger partial charge on any atom is 0.318 e. The van der Waals surface area contributed by atoms with Gasteiger partial charge in [0.2, 0.25) is 11.8 Å². The predicted molar refractivity (Wildman–Crippen MR) is 77.3 cm³/mol. The number of rotatable bonds is 5. The van der Waals surface area contributed by atoms with Gasteiger partial charge in [0, 0.05) is 24.7 Å². The second kappa shape index (κ2) is 6.56. The van der Waals surface area contributed by atoms with Gasteiger partial charge < -0.3 is 15.6 Å². The van der Waals surface area contributed by atoms with Crippen molar-refractivity contribution in [1.29, 1.82) is 0 Å². The van der Waals surface area contributed by atoms with E-state index in [-0.39, 0.29) is 25.4 Å². The van der Waals surface area contributed by atoms with Crippen molar-refractivity contribution in [2.75, 3.05) is 6.54 Å². The summed E-state index contributed by atoms with van der Waals surface area (Å²) in [7, 11) is 0. The Labute approximate surface area is 121 Å². The number of carbonyl (C=O) groups excluding carboxylic acids is 3. The molecule has 0 spiro atoms. The fourth-order valence-electron chi connectivity index (χ4n) is 2.00. The van der Waals surface area contributed by atoms with Crippen LogP contribution < -0.4 is 16.4 Å². The van der Waals surface area contributed by atoms with E-state index >= 15 is 0 Å². The number of aromatic nitrogens is 1. The lowest BCUT2D eigenvalue weighted by atomic mass is 10.2. The quantitative estimate of drug-likeness (QED) is 0.738. The summed E-state index contributed by atoms with van der Waals surface area (Å²) in [6, 6.07) is 8.78. The van der Waals surface area contributed by atoms with Crippen LogP contribution in [0.5, 0.6) is 0 Å². The number of para-hydroxylation sites is 1. The first-order chi connectivity index (χ1) is 10.1. The van der Waals surface area contributed by atoms with Gasteiger partial charge in [-0.15, -0.1) is 0 Å². The van der Waals surface area contributed by atoms with E-state index < -0.39 is 11.9 Å². The molecule has 0 saturated heterocycles.